The predicted octanol–water partition coefficient (Wildman–Crippen LogP) is 3.71. The Kier molecular flexibility index (Phi) is 8.04. The number of benzene rings is 1. The number of thiazole rings is 1. The number of nitrogens with zero attached hydrogens (tertiary/aromatic N) is 1. The van der Waals surface area contributed by atoms with Crippen LogP contribution in [0.25, 0.3) is 11.3 Å². The molecular weight excluding hydrogens is 386 g/mol. The number of nitrogens with two attached hydrogens (primary N) is 1. The predicted molar refractivity (Wildman–Crippen MR) is 111 cm³/mol. The topological polar surface area (TPSA) is 86.5 Å². The van der Waals surface area contributed by atoms with Gasteiger partial charge in [-0.15, -0.1) is 23.7 Å². The molecule has 3 rings (SSSR count). The van der Waals surface area contributed by atoms with Crippen LogP contribution in [-0.2, 0) is 9.53 Å². The average molecular weight is 412 g/mol. The number of ether oxygens (including phenoxy) is 2. The molecule has 1 aromatic carbocycles. The molecule has 0 bridgehead atoms. The second-order valence-corrected chi connectivity index (χ2v) is 7.32. The number of anilines is 1. The number of hydrogen-bond donors (Lipinski definition) is 2. The van der Waals surface area contributed by atoms with Gasteiger partial charge in [-0.2, -0.15) is 0 Å². The van der Waals surface area contributed by atoms with E-state index in [1.54, 1.807) is 0 Å². The molecule has 0 saturated carbocycles. The van der Waals surface area contributed by atoms with Gasteiger partial charge in [0.15, 0.2) is 5.13 Å². The monoisotopic (exact) mass is 411 g/mol. The molecule has 0 atom stereocenters. The number of rotatable bonds is 7. The molecule has 0 radical (unpaired) electrons. The number of carbonyl (C=O) groups is 1. The molecule has 1 fully saturated rings. The van der Waals surface area contributed by atoms with E-state index in [0.717, 1.165) is 23.4 Å². The summed E-state index contributed by atoms with van der Waals surface area (Å²) in [5.74, 6) is 0.788. The Morgan fingerprint density at radius 2 is 2.04 bits per heavy atom. The second kappa shape index (κ2) is 10.0. The van der Waals surface area contributed by atoms with Crippen molar-refractivity contribution in [3.05, 3.63) is 29.6 Å². The highest BCUT2D eigenvalue weighted by Gasteiger charge is 2.39. The van der Waals surface area contributed by atoms with Gasteiger partial charge in [0, 0.05) is 30.7 Å². The van der Waals surface area contributed by atoms with Crippen molar-refractivity contribution in [1.82, 2.24) is 4.98 Å². The average Bonchev–Trinajstić information content (AvgIpc) is 3.15. The van der Waals surface area contributed by atoms with Crippen LogP contribution in [0, 0.1) is 5.41 Å². The number of amides is 1. The van der Waals surface area contributed by atoms with Gasteiger partial charge in [-0.3, -0.25) is 4.79 Å². The Balaban J connectivity index is 0.00000261. The first-order chi connectivity index (χ1) is 12.7. The SMILES string of the molecule is CCCOc1ccc(-c2csc(NC(=O)C3(CN)CCOCC3)n2)cc1.Cl. The fourth-order valence-corrected chi connectivity index (χ4v) is 3.64. The maximum Gasteiger partial charge on any atom is 0.233 e. The third-order valence-electron chi connectivity index (χ3n) is 4.67. The van der Waals surface area contributed by atoms with Crippen molar-refractivity contribution in [2.45, 2.75) is 26.2 Å². The molecule has 2 heterocycles. The molecule has 1 saturated heterocycles. The molecule has 1 aromatic heterocycles. The third-order valence-corrected chi connectivity index (χ3v) is 5.43. The van der Waals surface area contributed by atoms with Gasteiger partial charge in [0.05, 0.1) is 17.7 Å². The molecule has 6 nitrogen and oxygen atoms in total. The number of halogens is 1. The highest BCUT2D eigenvalue weighted by atomic mass is 35.5. The van der Waals surface area contributed by atoms with E-state index < -0.39 is 5.41 Å². The summed E-state index contributed by atoms with van der Waals surface area (Å²) in [5.41, 5.74) is 7.16. The van der Waals surface area contributed by atoms with Gasteiger partial charge >= 0.3 is 0 Å². The first kappa shape index (κ1) is 21.6. The van der Waals surface area contributed by atoms with E-state index in [0.29, 0.717) is 44.3 Å². The molecule has 1 aliphatic rings. The van der Waals surface area contributed by atoms with Crippen molar-refractivity contribution in [3.63, 3.8) is 0 Å². The van der Waals surface area contributed by atoms with E-state index in [4.69, 9.17) is 15.2 Å². The summed E-state index contributed by atoms with van der Waals surface area (Å²) in [6.45, 7) is 4.24. The number of nitrogens with one attached hydrogen (secondary N) is 1. The minimum Gasteiger partial charge on any atom is -0.494 e. The quantitative estimate of drug-likeness (QED) is 0.725. The Labute approximate surface area is 169 Å². The van der Waals surface area contributed by atoms with Crippen molar-refractivity contribution < 1.29 is 14.3 Å². The Hall–Kier alpha value is -1.67. The van der Waals surface area contributed by atoms with Crippen molar-refractivity contribution in [3.8, 4) is 17.0 Å². The Bertz CT molecular complexity index is 730. The summed E-state index contributed by atoms with van der Waals surface area (Å²) >= 11 is 1.42. The van der Waals surface area contributed by atoms with E-state index in [2.05, 4.69) is 17.2 Å². The van der Waals surface area contributed by atoms with E-state index in [-0.39, 0.29) is 18.3 Å². The number of hydrogen-bond acceptors (Lipinski definition) is 6. The lowest BCUT2D eigenvalue weighted by molar-refractivity contribution is -0.130. The lowest BCUT2D eigenvalue weighted by Crippen LogP contribution is -2.46. The standard InChI is InChI=1S/C19H25N3O3S.ClH/c1-2-9-25-15-5-3-14(4-6-15)16-12-26-18(21-16)22-17(23)19(13-20)7-10-24-11-8-19;/h3-6,12H,2,7-11,13,20H2,1H3,(H,21,22,23);1H. The smallest absolute Gasteiger partial charge is 0.233 e. The highest BCUT2D eigenvalue weighted by molar-refractivity contribution is 7.14. The molecule has 1 amide bonds. The van der Waals surface area contributed by atoms with Crippen molar-refractivity contribution >= 4 is 34.8 Å². The van der Waals surface area contributed by atoms with Crippen molar-refractivity contribution in [2.24, 2.45) is 11.1 Å². The highest BCUT2D eigenvalue weighted by Crippen LogP contribution is 2.32. The van der Waals surface area contributed by atoms with Crippen LogP contribution in [0.1, 0.15) is 26.2 Å². The molecule has 3 N–H and O–H groups in total. The molecule has 0 aliphatic carbocycles. The number of aromatic nitrogens is 1. The van der Waals surface area contributed by atoms with E-state index >= 15 is 0 Å². The zero-order valence-electron chi connectivity index (χ0n) is 15.4. The van der Waals surface area contributed by atoms with Crippen LogP contribution in [0.2, 0.25) is 0 Å². The molecule has 2 aromatic rings. The largest absolute Gasteiger partial charge is 0.494 e. The van der Waals surface area contributed by atoms with Gasteiger partial charge in [0.2, 0.25) is 5.91 Å². The van der Waals surface area contributed by atoms with E-state index in [1.807, 2.05) is 29.6 Å². The zero-order valence-corrected chi connectivity index (χ0v) is 17.0. The van der Waals surface area contributed by atoms with Gasteiger partial charge in [-0.1, -0.05) is 6.92 Å². The maximum absolute atomic E-state index is 12.7. The summed E-state index contributed by atoms with van der Waals surface area (Å²) in [7, 11) is 0. The molecule has 1 aliphatic heterocycles. The minimum absolute atomic E-state index is 0. The Morgan fingerprint density at radius 1 is 1.33 bits per heavy atom. The first-order valence-corrected chi connectivity index (χ1v) is 9.83. The van der Waals surface area contributed by atoms with Crippen molar-refractivity contribution in [1.29, 1.82) is 0 Å². The van der Waals surface area contributed by atoms with Crippen LogP contribution in [0.4, 0.5) is 5.13 Å². The summed E-state index contributed by atoms with van der Waals surface area (Å²) in [5, 5.41) is 5.48. The van der Waals surface area contributed by atoms with E-state index in [1.165, 1.54) is 11.3 Å². The van der Waals surface area contributed by atoms with Gasteiger partial charge in [0.1, 0.15) is 5.75 Å². The summed E-state index contributed by atoms with van der Waals surface area (Å²) in [6, 6.07) is 7.83. The fraction of sp³-hybridized carbons (Fsp3) is 0.474. The fourth-order valence-electron chi connectivity index (χ4n) is 2.92. The summed E-state index contributed by atoms with van der Waals surface area (Å²) < 4.78 is 11.0. The maximum atomic E-state index is 12.7. The van der Waals surface area contributed by atoms with Crippen LogP contribution in [0.5, 0.6) is 5.75 Å². The Morgan fingerprint density at radius 3 is 2.67 bits per heavy atom. The van der Waals surface area contributed by atoms with Crippen LogP contribution in [0.15, 0.2) is 29.6 Å². The molecule has 0 unspecified atom stereocenters. The van der Waals surface area contributed by atoms with Crippen LogP contribution < -0.4 is 15.8 Å². The lowest BCUT2D eigenvalue weighted by atomic mass is 9.79. The summed E-state index contributed by atoms with van der Waals surface area (Å²) in [6.07, 6.45) is 2.27. The molecule has 0 spiro atoms. The van der Waals surface area contributed by atoms with Gasteiger partial charge < -0.3 is 20.5 Å². The van der Waals surface area contributed by atoms with E-state index in [9.17, 15) is 4.79 Å². The summed E-state index contributed by atoms with van der Waals surface area (Å²) in [4.78, 5) is 17.3. The van der Waals surface area contributed by atoms with Crippen LogP contribution >= 0.6 is 23.7 Å². The number of carbonyl (C=O) groups excluding carboxylic acids is 1. The van der Waals surface area contributed by atoms with Crippen LogP contribution in [0.3, 0.4) is 0 Å². The zero-order chi connectivity index (χ0) is 18.4. The molecule has 148 valence electrons. The minimum atomic E-state index is -0.553. The first-order valence-electron chi connectivity index (χ1n) is 8.95. The van der Waals surface area contributed by atoms with Gasteiger partial charge in [0.25, 0.3) is 0 Å². The molecule has 27 heavy (non-hydrogen) atoms. The third kappa shape index (κ3) is 5.19. The normalized spacial score (nSPS) is 15.6. The van der Waals surface area contributed by atoms with Crippen molar-refractivity contribution in [2.75, 3.05) is 31.7 Å². The van der Waals surface area contributed by atoms with Gasteiger partial charge in [-0.05, 0) is 43.5 Å². The molecule has 8 heteroatoms. The van der Waals surface area contributed by atoms with Crippen LogP contribution in [-0.4, -0.2) is 37.3 Å². The second-order valence-electron chi connectivity index (χ2n) is 6.46. The lowest BCUT2D eigenvalue weighted by Gasteiger charge is -2.34. The molecular formula is C19H26ClN3O3S. The van der Waals surface area contributed by atoms with Gasteiger partial charge in [-0.25, -0.2) is 4.98 Å².